The highest BCUT2D eigenvalue weighted by Gasteiger charge is 2.32. The molecule has 0 aromatic heterocycles. The molecule has 1 aromatic carbocycles. The lowest BCUT2D eigenvalue weighted by molar-refractivity contribution is -0.132. The Labute approximate surface area is 161 Å². The van der Waals surface area contributed by atoms with Crippen molar-refractivity contribution in [3.63, 3.8) is 0 Å². The topological polar surface area (TPSA) is 40.5 Å². The Morgan fingerprint density at radius 1 is 1.30 bits per heavy atom. The fraction of sp³-hybridized carbons (Fsp3) is 0.450. The fourth-order valence-corrected chi connectivity index (χ4v) is 3.89. The van der Waals surface area contributed by atoms with Gasteiger partial charge in [-0.05, 0) is 30.5 Å². The first-order valence-corrected chi connectivity index (χ1v) is 9.85. The molecular formula is C20H24F3NO2S. The molecule has 0 bridgehead atoms. The van der Waals surface area contributed by atoms with E-state index < -0.39 is 24.1 Å². The highest BCUT2D eigenvalue weighted by Crippen LogP contribution is 2.36. The van der Waals surface area contributed by atoms with Crippen molar-refractivity contribution in [3.05, 3.63) is 58.4 Å². The molecule has 1 aromatic rings. The molecule has 0 aliphatic carbocycles. The van der Waals surface area contributed by atoms with E-state index in [1.807, 2.05) is 4.90 Å². The highest BCUT2D eigenvalue weighted by molar-refractivity contribution is 8.03. The van der Waals surface area contributed by atoms with Crippen LogP contribution in [-0.4, -0.2) is 34.8 Å². The summed E-state index contributed by atoms with van der Waals surface area (Å²) < 4.78 is 41.6. The van der Waals surface area contributed by atoms with Gasteiger partial charge in [-0.25, -0.2) is 18.0 Å². The summed E-state index contributed by atoms with van der Waals surface area (Å²) in [5.74, 6) is -4.21. The van der Waals surface area contributed by atoms with Gasteiger partial charge in [-0.1, -0.05) is 32.1 Å². The molecule has 148 valence electrons. The van der Waals surface area contributed by atoms with E-state index in [1.165, 1.54) is 6.08 Å². The number of hydrogen-bond donors (Lipinski definition) is 1. The van der Waals surface area contributed by atoms with Crippen molar-refractivity contribution in [2.45, 2.75) is 32.6 Å². The van der Waals surface area contributed by atoms with Crippen LogP contribution >= 0.6 is 11.8 Å². The van der Waals surface area contributed by atoms with Gasteiger partial charge in [0.15, 0.2) is 0 Å². The van der Waals surface area contributed by atoms with Gasteiger partial charge in [0.2, 0.25) is 0 Å². The van der Waals surface area contributed by atoms with Crippen molar-refractivity contribution in [2.75, 3.05) is 18.8 Å². The number of halogens is 3. The third-order valence-electron chi connectivity index (χ3n) is 4.26. The van der Waals surface area contributed by atoms with Crippen LogP contribution in [0.25, 0.3) is 0 Å². The average Bonchev–Trinajstić information content (AvgIpc) is 2.60. The van der Waals surface area contributed by atoms with E-state index in [1.54, 1.807) is 6.08 Å². The molecule has 27 heavy (non-hydrogen) atoms. The third kappa shape index (κ3) is 6.06. The average molecular weight is 399 g/mol. The zero-order valence-corrected chi connectivity index (χ0v) is 16.2. The molecular weight excluding hydrogens is 375 g/mol. The molecule has 0 atom stereocenters. The van der Waals surface area contributed by atoms with Crippen molar-refractivity contribution < 1.29 is 23.1 Å². The normalized spacial score (nSPS) is 15.0. The summed E-state index contributed by atoms with van der Waals surface area (Å²) in [6.45, 7) is 5.41. The smallest absolute Gasteiger partial charge is 0.338 e. The molecule has 0 spiro atoms. The number of hydrogen-bond acceptors (Lipinski definition) is 3. The van der Waals surface area contributed by atoms with E-state index in [0.29, 0.717) is 24.0 Å². The van der Waals surface area contributed by atoms with Crippen LogP contribution in [0.1, 0.15) is 32.3 Å². The van der Waals surface area contributed by atoms with Crippen molar-refractivity contribution in [1.82, 2.24) is 4.90 Å². The lowest BCUT2D eigenvalue weighted by atomic mass is 10.1. The number of carbonyl (C=O) groups is 1. The van der Waals surface area contributed by atoms with E-state index in [9.17, 15) is 23.1 Å². The second kappa shape index (κ2) is 9.35. The fourth-order valence-electron chi connectivity index (χ4n) is 2.67. The molecule has 0 saturated heterocycles. The molecule has 1 aliphatic heterocycles. The second-order valence-electron chi connectivity index (χ2n) is 6.86. The summed E-state index contributed by atoms with van der Waals surface area (Å²) in [5.41, 5.74) is -0.0998. The van der Waals surface area contributed by atoms with Crippen molar-refractivity contribution >= 4 is 17.7 Å². The maximum Gasteiger partial charge on any atom is 0.338 e. The minimum absolute atomic E-state index is 0.0580. The lowest BCUT2D eigenvalue weighted by Gasteiger charge is -2.30. The summed E-state index contributed by atoms with van der Waals surface area (Å²) in [5, 5.41) is 9.96. The number of carboxylic acid groups (broad SMARTS) is 1. The zero-order valence-electron chi connectivity index (χ0n) is 15.4. The Morgan fingerprint density at radius 2 is 1.96 bits per heavy atom. The second-order valence-corrected chi connectivity index (χ2v) is 7.95. The van der Waals surface area contributed by atoms with Gasteiger partial charge in [-0.2, -0.15) is 0 Å². The molecule has 1 N–H and O–H groups in total. The summed E-state index contributed by atoms with van der Waals surface area (Å²) in [4.78, 5) is 13.5. The molecule has 3 nitrogen and oxygen atoms in total. The lowest BCUT2D eigenvalue weighted by Crippen LogP contribution is -2.29. The minimum atomic E-state index is -3.10. The first kappa shape index (κ1) is 21.4. The van der Waals surface area contributed by atoms with Crippen molar-refractivity contribution in [3.8, 4) is 0 Å². The largest absolute Gasteiger partial charge is 0.478 e. The predicted octanol–water partition coefficient (Wildman–Crippen LogP) is 5.25. The Bertz CT molecular complexity index is 714. The molecule has 0 fully saturated rings. The Hall–Kier alpha value is -1.89. The monoisotopic (exact) mass is 399 g/mol. The van der Waals surface area contributed by atoms with Gasteiger partial charge in [-0.3, -0.25) is 0 Å². The van der Waals surface area contributed by atoms with Crippen LogP contribution in [0.4, 0.5) is 13.2 Å². The Morgan fingerprint density at radius 3 is 2.56 bits per heavy atom. The van der Waals surface area contributed by atoms with Crippen LogP contribution in [0.2, 0.25) is 0 Å². The van der Waals surface area contributed by atoms with Crippen LogP contribution in [0, 0.1) is 11.7 Å². The number of aliphatic carboxylic acids is 1. The standard InChI is InChI=1S/C20H24F3NO2S/c1-14(2)9-12-24-11-3-4-17(19(25)26)18(24)27-13-10-20(22,23)15-5-7-16(21)8-6-15/h3-8,14H,9-13H2,1-2H3,(H,25,26). The van der Waals surface area contributed by atoms with Crippen LogP contribution in [-0.2, 0) is 10.7 Å². The van der Waals surface area contributed by atoms with Gasteiger partial charge in [0.05, 0.1) is 10.6 Å². The molecule has 0 unspecified atom stereocenters. The Balaban J connectivity index is 2.07. The van der Waals surface area contributed by atoms with E-state index in [2.05, 4.69) is 13.8 Å². The summed E-state index contributed by atoms with van der Waals surface area (Å²) in [6.07, 6.45) is 3.74. The van der Waals surface area contributed by atoms with E-state index in [-0.39, 0.29) is 16.9 Å². The quantitative estimate of drug-likeness (QED) is 0.615. The van der Waals surface area contributed by atoms with Gasteiger partial charge >= 0.3 is 5.97 Å². The number of nitrogens with zero attached hydrogens (tertiary/aromatic N) is 1. The first-order valence-electron chi connectivity index (χ1n) is 8.86. The number of benzene rings is 1. The van der Waals surface area contributed by atoms with Crippen LogP contribution in [0.15, 0.2) is 47.0 Å². The van der Waals surface area contributed by atoms with E-state index >= 15 is 0 Å². The maximum absolute atomic E-state index is 14.4. The summed E-state index contributed by atoms with van der Waals surface area (Å²) >= 11 is 1.14. The van der Waals surface area contributed by atoms with Crippen LogP contribution < -0.4 is 0 Å². The number of carboxylic acids is 1. The molecule has 7 heteroatoms. The van der Waals surface area contributed by atoms with Gasteiger partial charge in [0.1, 0.15) is 5.82 Å². The Kier molecular flexibility index (Phi) is 7.41. The van der Waals surface area contributed by atoms with Crippen molar-refractivity contribution in [1.29, 1.82) is 0 Å². The predicted molar refractivity (Wildman–Crippen MR) is 102 cm³/mol. The number of alkyl halides is 2. The molecule has 0 saturated carbocycles. The summed E-state index contributed by atoms with van der Waals surface area (Å²) in [7, 11) is 0. The number of rotatable bonds is 9. The number of thioether (sulfide) groups is 1. The molecule has 0 amide bonds. The minimum Gasteiger partial charge on any atom is -0.478 e. The molecule has 0 radical (unpaired) electrons. The maximum atomic E-state index is 14.4. The highest BCUT2D eigenvalue weighted by atomic mass is 32.2. The van der Waals surface area contributed by atoms with Gasteiger partial charge in [0, 0.05) is 30.8 Å². The zero-order chi connectivity index (χ0) is 20.0. The SMILES string of the molecule is CC(C)CCN1CC=CC(C(=O)O)=C1SCCC(F)(F)c1ccc(F)cc1. The molecule has 1 heterocycles. The van der Waals surface area contributed by atoms with Gasteiger partial charge < -0.3 is 10.0 Å². The molecule has 1 aliphatic rings. The summed E-state index contributed by atoms with van der Waals surface area (Å²) in [6, 6.07) is 4.20. The van der Waals surface area contributed by atoms with Crippen molar-refractivity contribution in [2.24, 2.45) is 5.92 Å². The van der Waals surface area contributed by atoms with Gasteiger partial charge in [0.25, 0.3) is 5.92 Å². The third-order valence-corrected chi connectivity index (χ3v) is 5.42. The van der Waals surface area contributed by atoms with Crippen LogP contribution in [0.5, 0.6) is 0 Å². The van der Waals surface area contributed by atoms with Gasteiger partial charge in [-0.15, -0.1) is 11.8 Å². The molecule has 2 rings (SSSR count). The van der Waals surface area contributed by atoms with Crippen LogP contribution in [0.3, 0.4) is 0 Å². The first-order chi connectivity index (χ1) is 12.7. The van der Waals surface area contributed by atoms with E-state index in [0.717, 1.165) is 42.4 Å². The van der Waals surface area contributed by atoms with E-state index in [4.69, 9.17) is 0 Å².